The fourth-order valence-electron chi connectivity index (χ4n) is 2.64. The van der Waals surface area contributed by atoms with E-state index >= 15 is 0 Å². The first-order valence-electron chi connectivity index (χ1n) is 8.88. The molecule has 0 bridgehead atoms. The van der Waals surface area contributed by atoms with Crippen molar-refractivity contribution >= 4 is 35.6 Å². The van der Waals surface area contributed by atoms with E-state index in [-0.39, 0.29) is 0 Å². The standard InChI is InChI=1S/C16H25N5O8/c1-7(19-14(26)8-3-2-4-18-8)13(25)20-9(5-11(17)22)15(27)21-10(16(28)29)6-12(23)24/h7-10,18H,2-6H2,1H3,(H2,17,22)(H,19,26)(H,20,25)(H,21,27)(H,23,24)(H,28,29). The number of carbonyl (C=O) groups excluding carboxylic acids is 4. The largest absolute Gasteiger partial charge is 0.481 e. The summed E-state index contributed by atoms with van der Waals surface area (Å²) in [6.45, 7) is 2.05. The minimum Gasteiger partial charge on any atom is -0.481 e. The van der Waals surface area contributed by atoms with Crippen LogP contribution in [0.15, 0.2) is 0 Å². The molecule has 0 radical (unpaired) electrons. The van der Waals surface area contributed by atoms with Gasteiger partial charge in [0.1, 0.15) is 18.1 Å². The van der Waals surface area contributed by atoms with E-state index in [0.29, 0.717) is 13.0 Å². The molecule has 4 unspecified atom stereocenters. The van der Waals surface area contributed by atoms with Crippen LogP contribution < -0.4 is 27.0 Å². The zero-order chi connectivity index (χ0) is 22.1. The lowest BCUT2D eigenvalue weighted by Gasteiger charge is -2.22. The molecule has 0 aromatic heterocycles. The molecule has 0 aromatic rings. The lowest BCUT2D eigenvalue weighted by molar-refractivity contribution is -0.147. The number of nitrogens with one attached hydrogen (secondary N) is 4. The third-order valence-corrected chi connectivity index (χ3v) is 4.16. The average Bonchev–Trinajstić information content (AvgIpc) is 3.14. The maximum atomic E-state index is 12.3. The number of carbonyl (C=O) groups is 6. The van der Waals surface area contributed by atoms with E-state index in [1.807, 2.05) is 5.32 Å². The van der Waals surface area contributed by atoms with Crippen molar-refractivity contribution in [3.05, 3.63) is 0 Å². The Morgan fingerprint density at radius 2 is 1.62 bits per heavy atom. The molecule has 1 saturated heterocycles. The molecule has 13 heteroatoms. The van der Waals surface area contributed by atoms with Crippen molar-refractivity contribution in [2.45, 2.75) is 56.8 Å². The summed E-state index contributed by atoms with van der Waals surface area (Å²) in [6, 6.07) is -4.79. The van der Waals surface area contributed by atoms with Crippen LogP contribution in [0, 0.1) is 0 Å². The molecule has 13 nitrogen and oxygen atoms in total. The highest BCUT2D eigenvalue weighted by Crippen LogP contribution is 2.05. The van der Waals surface area contributed by atoms with Gasteiger partial charge in [-0.25, -0.2) is 4.79 Å². The summed E-state index contributed by atoms with van der Waals surface area (Å²) >= 11 is 0. The van der Waals surface area contributed by atoms with Gasteiger partial charge in [0, 0.05) is 0 Å². The summed E-state index contributed by atoms with van der Waals surface area (Å²) in [4.78, 5) is 69.6. The second kappa shape index (κ2) is 10.9. The average molecular weight is 415 g/mol. The van der Waals surface area contributed by atoms with Crippen LogP contribution in [0.5, 0.6) is 0 Å². The van der Waals surface area contributed by atoms with Crippen molar-refractivity contribution in [2.75, 3.05) is 6.54 Å². The van der Waals surface area contributed by atoms with Gasteiger partial charge in [0.05, 0.1) is 18.9 Å². The minimum absolute atomic E-state index is 0.395. The Hall–Kier alpha value is -3.22. The molecule has 4 atom stereocenters. The van der Waals surface area contributed by atoms with Gasteiger partial charge >= 0.3 is 11.9 Å². The molecule has 0 spiro atoms. The Bertz CT molecular complexity index is 676. The molecule has 8 N–H and O–H groups in total. The molecule has 1 heterocycles. The fourth-order valence-corrected chi connectivity index (χ4v) is 2.64. The molecular formula is C16H25N5O8. The third kappa shape index (κ3) is 8.13. The predicted molar refractivity (Wildman–Crippen MR) is 96.2 cm³/mol. The van der Waals surface area contributed by atoms with Crippen molar-refractivity contribution in [1.29, 1.82) is 0 Å². The molecule has 0 saturated carbocycles. The zero-order valence-corrected chi connectivity index (χ0v) is 15.8. The Labute approximate surface area is 165 Å². The van der Waals surface area contributed by atoms with E-state index in [4.69, 9.17) is 15.9 Å². The van der Waals surface area contributed by atoms with Crippen molar-refractivity contribution in [3.63, 3.8) is 0 Å². The molecule has 4 amide bonds. The van der Waals surface area contributed by atoms with Crippen LogP contribution in [-0.4, -0.2) is 76.5 Å². The SMILES string of the molecule is CC(NC(=O)C1CCCN1)C(=O)NC(CC(N)=O)C(=O)NC(CC(=O)O)C(=O)O. The van der Waals surface area contributed by atoms with Crippen LogP contribution in [0.2, 0.25) is 0 Å². The molecule has 1 aliphatic heterocycles. The van der Waals surface area contributed by atoms with Crippen LogP contribution in [0.3, 0.4) is 0 Å². The Kier molecular flexibility index (Phi) is 8.99. The maximum Gasteiger partial charge on any atom is 0.326 e. The minimum atomic E-state index is -1.77. The van der Waals surface area contributed by atoms with E-state index in [0.717, 1.165) is 6.42 Å². The van der Waals surface area contributed by atoms with Crippen LogP contribution in [0.1, 0.15) is 32.6 Å². The number of aliphatic carboxylic acids is 2. The summed E-state index contributed by atoms with van der Waals surface area (Å²) in [6.07, 6.45) is -0.116. The van der Waals surface area contributed by atoms with Gasteiger partial charge in [-0.3, -0.25) is 24.0 Å². The third-order valence-electron chi connectivity index (χ3n) is 4.16. The highest BCUT2D eigenvalue weighted by molar-refractivity contribution is 5.96. The molecular weight excluding hydrogens is 390 g/mol. The number of carboxylic acid groups (broad SMARTS) is 2. The number of nitrogens with two attached hydrogens (primary N) is 1. The van der Waals surface area contributed by atoms with E-state index < -0.39 is 72.6 Å². The number of carboxylic acids is 2. The number of rotatable bonds is 11. The monoisotopic (exact) mass is 415 g/mol. The maximum absolute atomic E-state index is 12.3. The van der Waals surface area contributed by atoms with Gasteiger partial charge in [-0.05, 0) is 26.3 Å². The fraction of sp³-hybridized carbons (Fsp3) is 0.625. The number of primary amides is 1. The second-order valence-corrected chi connectivity index (χ2v) is 6.61. The van der Waals surface area contributed by atoms with E-state index in [1.165, 1.54) is 6.92 Å². The van der Waals surface area contributed by atoms with E-state index in [1.54, 1.807) is 0 Å². The Morgan fingerprint density at radius 3 is 2.10 bits per heavy atom. The first-order valence-corrected chi connectivity index (χ1v) is 8.88. The highest BCUT2D eigenvalue weighted by Gasteiger charge is 2.31. The number of hydrogen-bond acceptors (Lipinski definition) is 7. The molecule has 0 aromatic carbocycles. The van der Waals surface area contributed by atoms with E-state index in [9.17, 15) is 28.8 Å². The van der Waals surface area contributed by atoms with E-state index in [2.05, 4.69) is 16.0 Å². The van der Waals surface area contributed by atoms with Crippen LogP contribution in [0.4, 0.5) is 0 Å². The van der Waals surface area contributed by atoms with Crippen molar-refractivity contribution in [1.82, 2.24) is 21.3 Å². The van der Waals surface area contributed by atoms with Crippen molar-refractivity contribution in [3.8, 4) is 0 Å². The molecule has 1 aliphatic rings. The van der Waals surface area contributed by atoms with Gasteiger partial charge in [-0.1, -0.05) is 0 Å². The lowest BCUT2D eigenvalue weighted by Crippen LogP contribution is -2.57. The van der Waals surface area contributed by atoms with Gasteiger partial charge < -0.3 is 37.2 Å². The summed E-state index contributed by atoms with van der Waals surface area (Å²) in [5.74, 6) is -6.32. The molecule has 1 fully saturated rings. The molecule has 1 rings (SSSR count). The van der Waals surface area contributed by atoms with Crippen molar-refractivity contribution in [2.24, 2.45) is 5.73 Å². The van der Waals surface area contributed by atoms with Crippen LogP contribution in [0.25, 0.3) is 0 Å². The quantitative estimate of drug-likeness (QED) is 0.179. The summed E-state index contributed by atoms with van der Waals surface area (Å²) < 4.78 is 0. The Morgan fingerprint density at radius 1 is 1.00 bits per heavy atom. The summed E-state index contributed by atoms with van der Waals surface area (Å²) in [5, 5.41) is 27.3. The van der Waals surface area contributed by atoms with Gasteiger partial charge in [-0.2, -0.15) is 0 Å². The first kappa shape index (κ1) is 23.8. The Balaban J connectivity index is 2.74. The first-order chi connectivity index (χ1) is 13.5. The number of amides is 4. The smallest absolute Gasteiger partial charge is 0.326 e. The lowest BCUT2D eigenvalue weighted by atomic mass is 10.1. The highest BCUT2D eigenvalue weighted by atomic mass is 16.4. The number of hydrogen-bond donors (Lipinski definition) is 7. The van der Waals surface area contributed by atoms with Crippen molar-refractivity contribution < 1.29 is 39.0 Å². The van der Waals surface area contributed by atoms with Gasteiger partial charge in [-0.15, -0.1) is 0 Å². The van der Waals surface area contributed by atoms with Gasteiger partial charge in [0.15, 0.2) is 0 Å². The topological polar surface area (TPSA) is 217 Å². The normalized spacial score (nSPS) is 18.7. The second-order valence-electron chi connectivity index (χ2n) is 6.61. The molecule has 162 valence electrons. The predicted octanol–water partition coefficient (Wildman–Crippen LogP) is -3.35. The van der Waals surface area contributed by atoms with Gasteiger partial charge in [0.25, 0.3) is 0 Å². The molecule has 0 aliphatic carbocycles. The zero-order valence-electron chi connectivity index (χ0n) is 15.8. The van der Waals surface area contributed by atoms with Crippen LogP contribution in [-0.2, 0) is 28.8 Å². The van der Waals surface area contributed by atoms with Gasteiger partial charge in [0.2, 0.25) is 23.6 Å². The summed E-state index contributed by atoms with van der Waals surface area (Å²) in [7, 11) is 0. The molecule has 29 heavy (non-hydrogen) atoms. The summed E-state index contributed by atoms with van der Waals surface area (Å²) in [5.41, 5.74) is 5.06. The van der Waals surface area contributed by atoms with Crippen LogP contribution >= 0.6 is 0 Å².